The number of fused-ring (bicyclic) bond motifs is 2. The predicted octanol–water partition coefficient (Wildman–Crippen LogP) is 8.91. The van der Waals surface area contributed by atoms with Crippen LogP contribution in [0.3, 0.4) is 0 Å². The van der Waals surface area contributed by atoms with E-state index in [0.717, 1.165) is 24.2 Å². The normalized spacial score (nSPS) is 11.1. The molecule has 0 fully saturated rings. The first-order valence-corrected chi connectivity index (χ1v) is 11.8. The topological polar surface area (TPSA) is 24.1 Å². The summed E-state index contributed by atoms with van der Waals surface area (Å²) in [5.74, 6) is 0. The molecule has 0 aliphatic heterocycles. The van der Waals surface area contributed by atoms with E-state index < -0.39 is 0 Å². The highest BCUT2D eigenvalue weighted by Gasteiger charge is 2.15. The lowest BCUT2D eigenvalue weighted by Crippen LogP contribution is -2.05. The lowest BCUT2D eigenvalue weighted by Gasteiger charge is -2.22. The number of hydrogen-bond acceptors (Lipinski definition) is 2. The van der Waals surface area contributed by atoms with Crippen molar-refractivity contribution in [3.8, 4) is 0 Å². The minimum absolute atomic E-state index is 0.986. The van der Waals surface area contributed by atoms with E-state index in [2.05, 4.69) is 122 Å². The number of nitrogens with one attached hydrogen (secondary N) is 2. The number of rotatable bonds is 6. The second-order valence-electron chi connectivity index (χ2n) is 8.65. The van der Waals surface area contributed by atoms with Gasteiger partial charge in [-0.15, -0.1) is 0 Å². The van der Waals surface area contributed by atoms with Crippen molar-refractivity contribution in [2.24, 2.45) is 0 Å². The molecule has 5 rings (SSSR count). The van der Waals surface area contributed by atoms with Crippen molar-refractivity contribution < 1.29 is 0 Å². The van der Waals surface area contributed by atoms with E-state index in [1.165, 1.54) is 49.6 Å². The summed E-state index contributed by atoms with van der Waals surface area (Å²) in [7, 11) is 0. The molecule has 0 aliphatic carbocycles. The third kappa shape index (κ3) is 4.17. The molecule has 0 bridgehead atoms. The highest BCUT2D eigenvalue weighted by molar-refractivity contribution is 5.89. The number of aryl methyl sites for hydroxylation is 2. The second kappa shape index (κ2) is 8.99. The first kappa shape index (κ1) is 21.1. The van der Waals surface area contributed by atoms with Gasteiger partial charge < -0.3 is 10.6 Å². The SMILES string of the molecule is CCc1cc(CC)c(Nc2ccc3ccccc3c2)c(C)c1Nc1ccc2ccccc2c1. The van der Waals surface area contributed by atoms with Gasteiger partial charge in [-0.2, -0.15) is 0 Å². The molecule has 0 aliphatic rings. The molecule has 0 spiro atoms. The standard InChI is InChI=1S/C31H30N2/c1-4-22-18-23(5-2)31(33-29-17-15-25-11-7-9-13-27(25)20-29)21(3)30(22)32-28-16-14-24-10-6-8-12-26(24)19-28/h6-20,32-33H,4-5H2,1-3H3. The van der Waals surface area contributed by atoms with Gasteiger partial charge in [-0.3, -0.25) is 0 Å². The lowest BCUT2D eigenvalue weighted by atomic mass is 9.96. The minimum atomic E-state index is 0.986. The molecule has 2 heteroatoms. The number of anilines is 4. The van der Waals surface area contributed by atoms with E-state index in [9.17, 15) is 0 Å². The van der Waals surface area contributed by atoms with Gasteiger partial charge in [0.1, 0.15) is 0 Å². The highest BCUT2D eigenvalue weighted by atomic mass is 14.9. The zero-order valence-corrected chi connectivity index (χ0v) is 19.6. The fourth-order valence-electron chi connectivity index (χ4n) is 4.69. The summed E-state index contributed by atoms with van der Waals surface area (Å²) in [6, 6.07) is 32.6. The average molecular weight is 431 g/mol. The van der Waals surface area contributed by atoms with Crippen molar-refractivity contribution in [2.45, 2.75) is 33.6 Å². The summed E-state index contributed by atoms with van der Waals surface area (Å²) in [4.78, 5) is 0. The monoisotopic (exact) mass is 430 g/mol. The Morgan fingerprint density at radius 1 is 0.515 bits per heavy atom. The smallest absolute Gasteiger partial charge is 0.0467 e. The molecule has 0 unspecified atom stereocenters. The van der Waals surface area contributed by atoms with Crippen molar-refractivity contribution in [1.29, 1.82) is 0 Å². The Balaban J connectivity index is 1.56. The molecule has 0 atom stereocenters. The average Bonchev–Trinajstić information content (AvgIpc) is 2.86. The van der Waals surface area contributed by atoms with Gasteiger partial charge in [0.2, 0.25) is 0 Å². The van der Waals surface area contributed by atoms with Crippen molar-refractivity contribution in [1.82, 2.24) is 0 Å². The summed E-state index contributed by atoms with van der Waals surface area (Å²) in [6.45, 7) is 6.69. The van der Waals surface area contributed by atoms with Crippen LogP contribution in [0.25, 0.3) is 21.5 Å². The molecule has 2 nitrogen and oxygen atoms in total. The van der Waals surface area contributed by atoms with Gasteiger partial charge >= 0.3 is 0 Å². The van der Waals surface area contributed by atoms with Crippen LogP contribution in [0.1, 0.15) is 30.5 Å². The minimum Gasteiger partial charge on any atom is -0.355 e. The van der Waals surface area contributed by atoms with Gasteiger partial charge in [-0.25, -0.2) is 0 Å². The van der Waals surface area contributed by atoms with E-state index in [1.54, 1.807) is 0 Å². The van der Waals surface area contributed by atoms with Crippen LogP contribution in [0.5, 0.6) is 0 Å². The summed E-state index contributed by atoms with van der Waals surface area (Å²) in [6.07, 6.45) is 1.97. The van der Waals surface area contributed by atoms with Crippen molar-refractivity contribution in [2.75, 3.05) is 10.6 Å². The van der Waals surface area contributed by atoms with E-state index in [4.69, 9.17) is 0 Å². The fourth-order valence-corrected chi connectivity index (χ4v) is 4.69. The number of hydrogen-bond donors (Lipinski definition) is 2. The Labute approximate surface area is 196 Å². The summed E-state index contributed by atoms with van der Waals surface area (Å²) < 4.78 is 0. The molecular weight excluding hydrogens is 400 g/mol. The Kier molecular flexibility index (Phi) is 5.75. The molecule has 164 valence electrons. The highest BCUT2D eigenvalue weighted by Crippen LogP contribution is 2.37. The van der Waals surface area contributed by atoms with Crippen LogP contribution in [0.2, 0.25) is 0 Å². The molecule has 0 saturated heterocycles. The van der Waals surface area contributed by atoms with Crippen LogP contribution >= 0.6 is 0 Å². The fraction of sp³-hybridized carbons (Fsp3) is 0.161. The Bertz CT molecular complexity index is 1340. The molecule has 5 aromatic carbocycles. The molecule has 0 saturated carbocycles. The van der Waals surface area contributed by atoms with Crippen molar-refractivity contribution in [3.63, 3.8) is 0 Å². The van der Waals surface area contributed by atoms with Gasteiger partial charge in [0.05, 0.1) is 0 Å². The molecule has 5 aromatic rings. The van der Waals surface area contributed by atoms with Crippen LogP contribution in [0, 0.1) is 6.92 Å². The van der Waals surface area contributed by atoms with Crippen molar-refractivity contribution in [3.05, 3.63) is 108 Å². The van der Waals surface area contributed by atoms with E-state index in [1.807, 2.05) is 0 Å². The van der Waals surface area contributed by atoms with E-state index >= 15 is 0 Å². The first-order valence-electron chi connectivity index (χ1n) is 11.8. The summed E-state index contributed by atoms with van der Waals surface area (Å²) in [5.41, 5.74) is 8.59. The van der Waals surface area contributed by atoms with E-state index in [-0.39, 0.29) is 0 Å². The summed E-state index contributed by atoms with van der Waals surface area (Å²) in [5, 5.41) is 12.5. The van der Waals surface area contributed by atoms with Gasteiger partial charge in [0.15, 0.2) is 0 Å². The molecular formula is C31H30N2. The van der Waals surface area contributed by atoms with Gasteiger partial charge in [-0.05, 0) is 82.3 Å². The Morgan fingerprint density at radius 2 is 0.939 bits per heavy atom. The van der Waals surface area contributed by atoms with Crippen LogP contribution in [-0.2, 0) is 12.8 Å². The van der Waals surface area contributed by atoms with Crippen LogP contribution in [0.4, 0.5) is 22.7 Å². The van der Waals surface area contributed by atoms with Gasteiger partial charge in [-0.1, -0.05) is 80.6 Å². The van der Waals surface area contributed by atoms with Crippen LogP contribution < -0.4 is 10.6 Å². The predicted molar refractivity (Wildman–Crippen MR) is 144 cm³/mol. The summed E-state index contributed by atoms with van der Waals surface area (Å²) >= 11 is 0. The zero-order chi connectivity index (χ0) is 22.8. The lowest BCUT2D eigenvalue weighted by molar-refractivity contribution is 1.08. The molecule has 0 aromatic heterocycles. The maximum atomic E-state index is 3.75. The molecule has 2 N–H and O–H groups in total. The number of benzene rings is 5. The van der Waals surface area contributed by atoms with E-state index in [0.29, 0.717) is 0 Å². The maximum Gasteiger partial charge on any atom is 0.0467 e. The Morgan fingerprint density at radius 3 is 1.36 bits per heavy atom. The first-order chi connectivity index (χ1) is 16.2. The largest absolute Gasteiger partial charge is 0.355 e. The third-order valence-corrected chi connectivity index (χ3v) is 6.54. The van der Waals surface area contributed by atoms with Crippen LogP contribution in [0.15, 0.2) is 91.0 Å². The van der Waals surface area contributed by atoms with Crippen molar-refractivity contribution >= 4 is 44.3 Å². The van der Waals surface area contributed by atoms with Crippen LogP contribution in [-0.4, -0.2) is 0 Å². The van der Waals surface area contributed by atoms with Gasteiger partial charge in [0.25, 0.3) is 0 Å². The quantitative estimate of drug-likeness (QED) is 0.281. The van der Waals surface area contributed by atoms with Gasteiger partial charge in [0, 0.05) is 22.7 Å². The Hall–Kier alpha value is -3.78. The molecule has 0 radical (unpaired) electrons. The zero-order valence-electron chi connectivity index (χ0n) is 19.6. The molecule has 0 amide bonds. The third-order valence-electron chi connectivity index (χ3n) is 6.54. The maximum absolute atomic E-state index is 3.75. The second-order valence-corrected chi connectivity index (χ2v) is 8.65. The molecule has 33 heavy (non-hydrogen) atoms. The molecule has 0 heterocycles.